The van der Waals surface area contributed by atoms with Crippen LogP contribution in [-0.4, -0.2) is 50.4 Å². The minimum atomic E-state index is -1.02. The van der Waals surface area contributed by atoms with Gasteiger partial charge in [-0.2, -0.15) is 21.0 Å². The van der Waals surface area contributed by atoms with Gasteiger partial charge in [0, 0.05) is 28.3 Å². The molecule has 0 bridgehead atoms. The smallest absolute Gasteiger partial charge is 0.335 e. The number of nitrogens with one attached hydrogen (secondary N) is 1. The highest BCUT2D eigenvalue weighted by Gasteiger charge is 2.23. The molecule has 0 radical (unpaired) electrons. The molecule has 0 aliphatic heterocycles. The number of carbonyl (C=O) groups is 2. The minimum Gasteiger partial charge on any atom is -0.491 e. The molecule has 5 aromatic carbocycles. The first kappa shape index (κ1) is 46.9. The molecule has 0 saturated carbocycles. The van der Waals surface area contributed by atoms with Crippen LogP contribution in [0.4, 0.5) is 17.3 Å². The van der Waals surface area contributed by atoms with Crippen molar-refractivity contribution in [2.75, 3.05) is 24.3 Å². The summed E-state index contributed by atoms with van der Waals surface area (Å²) in [6.45, 7) is 0.0320. The van der Waals surface area contributed by atoms with Gasteiger partial charge in [-0.05, 0) is 70.8 Å². The maximum Gasteiger partial charge on any atom is 0.335 e. The van der Waals surface area contributed by atoms with Crippen LogP contribution < -0.4 is 15.8 Å². The third-order valence-corrected chi connectivity index (χ3v) is 11.6. The van der Waals surface area contributed by atoms with E-state index in [0.29, 0.717) is 55.4 Å². The quantitative estimate of drug-likeness (QED) is 0.0599. The van der Waals surface area contributed by atoms with Crippen LogP contribution in [-0.2, 0) is 11.5 Å². The van der Waals surface area contributed by atoms with E-state index in [2.05, 4.69) is 33.5 Å². The lowest BCUT2D eigenvalue weighted by Gasteiger charge is -2.16. The highest BCUT2D eigenvalue weighted by atomic mass is 32.2. The van der Waals surface area contributed by atoms with E-state index in [0.717, 1.165) is 16.8 Å². The minimum absolute atomic E-state index is 0.0575. The van der Waals surface area contributed by atoms with Crippen LogP contribution >= 0.6 is 23.5 Å². The molecule has 0 spiro atoms. The second-order valence-electron chi connectivity index (χ2n) is 13.8. The molecule has 0 fully saturated rings. The molecular weight excluding hydrogens is 873 g/mol. The van der Waals surface area contributed by atoms with Gasteiger partial charge in [0.05, 0.1) is 28.9 Å². The fourth-order valence-corrected chi connectivity index (χ4v) is 8.36. The summed E-state index contributed by atoms with van der Waals surface area (Å²) in [6.07, 6.45) is 0. The zero-order chi connectivity index (χ0) is 47.0. The van der Waals surface area contributed by atoms with Gasteiger partial charge in [0.1, 0.15) is 69.4 Å². The number of pyridine rings is 2. The van der Waals surface area contributed by atoms with E-state index in [-0.39, 0.29) is 52.4 Å². The van der Waals surface area contributed by atoms with Crippen molar-refractivity contribution in [2.24, 2.45) is 0 Å². The topological polar surface area (TPSA) is 263 Å². The maximum atomic E-state index is 11.4. The average molecular weight is 909 g/mol. The lowest BCUT2D eigenvalue weighted by molar-refractivity contribution is 0.0686. The molecule has 0 aliphatic rings. The standard InChI is InChI=1S/C29H22N4O4S.C21H14N4O2S/c30-16-24-26(20-9-11-23(12-10-20)37-14-13-34)25(17-31)28(33-27(24)32-22-7-2-1-3-8-22)38-18-19-5-4-6-21(15-19)29(35)36;22-10-16-18(14-6-2-1-3-7-14)17(11-23)20(25-19(16)24)28-12-13-5-4-8-15(9-13)21(26)27/h1-12,15,34H,13-14,18H2,(H,32,33)(H,35,36);1-9H,12H2,(H2,24,25)(H,26,27). The monoisotopic (exact) mass is 908 g/mol. The first-order valence-electron chi connectivity index (χ1n) is 19.7. The number of nitrogens with zero attached hydrogens (tertiary/aromatic N) is 6. The Balaban J connectivity index is 0.000000229. The fraction of sp³-hybridized carbons (Fsp3) is 0.0800. The van der Waals surface area contributed by atoms with Gasteiger partial charge in [-0.3, -0.25) is 0 Å². The number of hydrogen-bond acceptors (Lipinski definition) is 14. The van der Waals surface area contributed by atoms with E-state index in [1.54, 1.807) is 66.7 Å². The molecule has 7 rings (SSSR count). The van der Waals surface area contributed by atoms with Crippen molar-refractivity contribution in [2.45, 2.75) is 21.6 Å². The summed E-state index contributed by atoms with van der Waals surface area (Å²) in [7, 11) is 0. The molecule has 6 N–H and O–H groups in total. The van der Waals surface area contributed by atoms with E-state index >= 15 is 0 Å². The number of para-hydroxylation sites is 1. The Hall–Kier alpha value is -8.64. The highest BCUT2D eigenvalue weighted by Crippen LogP contribution is 2.40. The van der Waals surface area contributed by atoms with Crippen molar-refractivity contribution >= 4 is 52.8 Å². The van der Waals surface area contributed by atoms with Crippen molar-refractivity contribution < 1.29 is 29.6 Å². The number of rotatable bonds is 15. The van der Waals surface area contributed by atoms with Crippen molar-refractivity contribution in [1.29, 1.82) is 21.0 Å². The van der Waals surface area contributed by atoms with Gasteiger partial charge in [0.2, 0.25) is 0 Å². The van der Waals surface area contributed by atoms with Gasteiger partial charge in [0.25, 0.3) is 0 Å². The number of anilines is 3. The largest absolute Gasteiger partial charge is 0.491 e. The predicted octanol–water partition coefficient (Wildman–Crippen LogP) is 9.66. The van der Waals surface area contributed by atoms with Crippen molar-refractivity contribution in [3.63, 3.8) is 0 Å². The second-order valence-corrected chi connectivity index (χ2v) is 15.7. The Morgan fingerprint density at radius 1 is 0.606 bits per heavy atom. The number of nitrogen functional groups attached to an aromatic ring is 1. The SMILES string of the molecule is N#Cc1c(N)nc(SCc2cccc(C(=O)O)c2)c(C#N)c1-c1ccccc1.N#Cc1c(Nc2ccccc2)nc(SCc2cccc(C(=O)O)c2)c(C#N)c1-c1ccc(OCCO)cc1. The number of aromatic carboxylic acids is 2. The zero-order valence-electron chi connectivity index (χ0n) is 34.7. The number of carboxylic acids is 2. The van der Waals surface area contributed by atoms with Crippen LogP contribution in [0.3, 0.4) is 0 Å². The molecule has 0 aliphatic carbocycles. The van der Waals surface area contributed by atoms with E-state index in [1.165, 1.54) is 35.7 Å². The lowest BCUT2D eigenvalue weighted by Crippen LogP contribution is -2.05. The van der Waals surface area contributed by atoms with Crippen LogP contribution in [0.5, 0.6) is 5.75 Å². The first-order chi connectivity index (χ1) is 32.1. The van der Waals surface area contributed by atoms with Crippen molar-refractivity contribution in [3.8, 4) is 52.3 Å². The molecule has 16 heteroatoms. The summed E-state index contributed by atoms with van der Waals surface area (Å²) in [6, 6.07) is 47.1. The lowest BCUT2D eigenvalue weighted by atomic mass is 9.96. The molecule has 0 unspecified atom stereocenters. The summed E-state index contributed by atoms with van der Waals surface area (Å²) in [5.74, 6) is -0.345. The summed E-state index contributed by atoms with van der Waals surface area (Å²) >= 11 is 2.56. The molecule has 324 valence electrons. The van der Waals surface area contributed by atoms with E-state index in [9.17, 15) is 35.7 Å². The molecule has 0 saturated heterocycles. The van der Waals surface area contributed by atoms with Crippen LogP contribution in [0.15, 0.2) is 144 Å². The van der Waals surface area contributed by atoms with Crippen LogP contribution in [0.2, 0.25) is 0 Å². The number of nitriles is 4. The summed E-state index contributed by atoms with van der Waals surface area (Å²) in [5.41, 5.74) is 11.7. The molecule has 0 amide bonds. The number of aromatic nitrogens is 2. The van der Waals surface area contributed by atoms with Crippen LogP contribution in [0, 0.1) is 45.3 Å². The number of carboxylic acid groups (broad SMARTS) is 2. The normalized spacial score (nSPS) is 10.2. The van der Waals surface area contributed by atoms with Crippen molar-refractivity contribution in [1.82, 2.24) is 9.97 Å². The Morgan fingerprint density at radius 2 is 1.09 bits per heavy atom. The molecule has 2 aromatic heterocycles. The zero-order valence-corrected chi connectivity index (χ0v) is 36.3. The Morgan fingerprint density at radius 3 is 1.59 bits per heavy atom. The van der Waals surface area contributed by atoms with E-state index < -0.39 is 11.9 Å². The number of hydrogen-bond donors (Lipinski definition) is 5. The fourth-order valence-electron chi connectivity index (χ4n) is 6.49. The number of nitrogens with two attached hydrogens (primary N) is 1. The number of benzene rings is 5. The molecule has 2 heterocycles. The van der Waals surface area contributed by atoms with Gasteiger partial charge in [-0.25, -0.2) is 19.6 Å². The van der Waals surface area contributed by atoms with Gasteiger partial charge < -0.3 is 31.1 Å². The van der Waals surface area contributed by atoms with Crippen LogP contribution in [0.1, 0.15) is 54.1 Å². The highest BCUT2D eigenvalue weighted by molar-refractivity contribution is 7.98. The van der Waals surface area contributed by atoms with Crippen LogP contribution in [0.25, 0.3) is 22.3 Å². The van der Waals surface area contributed by atoms with E-state index in [1.807, 2.05) is 60.7 Å². The predicted molar refractivity (Wildman–Crippen MR) is 251 cm³/mol. The third-order valence-electron chi connectivity index (χ3n) is 9.50. The second kappa shape index (κ2) is 22.6. The molecule has 0 atom stereocenters. The van der Waals surface area contributed by atoms with Gasteiger partial charge >= 0.3 is 11.9 Å². The number of aliphatic hydroxyl groups is 1. The van der Waals surface area contributed by atoms with Gasteiger partial charge in [-0.1, -0.05) is 84.9 Å². The van der Waals surface area contributed by atoms with Crippen molar-refractivity contribution in [3.05, 3.63) is 178 Å². The average Bonchev–Trinajstić information content (AvgIpc) is 3.35. The number of ether oxygens (including phenoxy) is 1. The molecule has 14 nitrogen and oxygen atoms in total. The Bertz CT molecular complexity index is 3070. The maximum absolute atomic E-state index is 11.4. The molecular formula is C50H36N8O6S2. The summed E-state index contributed by atoms with van der Waals surface area (Å²) in [5, 5.41) is 71.1. The first-order valence-corrected chi connectivity index (χ1v) is 21.7. The van der Waals surface area contributed by atoms with E-state index in [4.69, 9.17) is 20.7 Å². The summed E-state index contributed by atoms with van der Waals surface area (Å²) in [4.78, 5) is 31.4. The molecule has 66 heavy (non-hydrogen) atoms. The Kier molecular flexibility index (Phi) is 16.1. The third kappa shape index (κ3) is 11.5. The summed E-state index contributed by atoms with van der Waals surface area (Å²) < 4.78 is 5.45. The number of aliphatic hydroxyl groups excluding tert-OH is 1. The molecule has 7 aromatic rings. The number of thioether (sulfide) groups is 2. The van der Waals surface area contributed by atoms with Gasteiger partial charge in [0.15, 0.2) is 0 Å². The Labute approximate surface area is 387 Å². The van der Waals surface area contributed by atoms with Gasteiger partial charge in [-0.15, -0.1) is 23.5 Å².